The molecule has 1 unspecified atom stereocenters. The van der Waals surface area contributed by atoms with Gasteiger partial charge in [0.15, 0.2) is 0 Å². The summed E-state index contributed by atoms with van der Waals surface area (Å²) < 4.78 is 21.0. The lowest BCUT2D eigenvalue weighted by Crippen LogP contribution is -2.41. The van der Waals surface area contributed by atoms with E-state index in [9.17, 15) is 28.8 Å². The van der Waals surface area contributed by atoms with E-state index in [1.807, 2.05) is 0 Å². The molecule has 0 heterocycles. The maximum Gasteiger partial charge on any atom is 0.326 e. The van der Waals surface area contributed by atoms with Crippen LogP contribution in [0.25, 0.3) is 0 Å². The molecule has 254 valence electrons. The van der Waals surface area contributed by atoms with Gasteiger partial charge in [0.05, 0.1) is 39.6 Å². The Labute approximate surface area is 256 Å². The van der Waals surface area contributed by atoms with Gasteiger partial charge in [-0.15, -0.1) is 0 Å². The fraction of sp³-hybridized carbons (Fsp3) is 0.769. The molecule has 18 nitrogen and oxygen atoms in total. The second-order valence-corrected chi connectivity index (χ2v) is 9.28. The summed E-state index contributed by atoms with van der Waals surface area (Å²) in [5, 5.41) is 28.2. The van der Waals surface area contributed by atoms with E-state index in [0.29, 0.717) is 25.8 Å². The normalized spacial score (nSPS) is 12.1. The third-order valence-corrected chi connectivity index (χ3v) is 5.70. The summed E-state index contributed by atoms with van der Waals surface area (Å²) in [6.07, 6.45) is 1.61. The molecule has 0 aromatic carbocycles. The Hall–Kier alpha value is -3.42. The monoisotopic (exact) mass is 636 g/mol. The second kappa shape index (κ2) is 27.2. The van der Waals surface area contributed by atoms with Crippen LogP contribution in [0.4, 0.5) is 0 Å². The smallest absolute Gasteiger partial charge is 0.326 e. The van der Waals surface area contributed by atoms with Crippen LogP contribution in [0.2, 0.25) is 0 Å². The van der Waals surface area contributed by atoms with Gasteiger partial charge in [0.2, 0.25) is 23.6 Å². The van der Waals surface area contributed by atoms with Gasteiger partial charge in [0.25, 0.3) is 0 Å². The maximum absolute atomic E-state index is 11.8. The lowest BCUT2D eigenvalue weighted by Gasteiger charge is -2.13. The number of ether oxygens (including phenoxy) is 4. The first-order chi connectivity index (χ1) is 21.1. The number of unbranched alkanes of at least 4 members (excludes halogenated alkanes) is 1. The molecule has 0 aliphatic rings. The molecule has 0 fully saturated rings. The predicted octanol–water partition coefficient (Wildman–Crippen LogP) is -2.75. The zero-order chi connectivity index (χ0) is 33.0. The van der Waals surface area contributed by atoms with Crippen LogP contribution in [0.5, 0.6) is 0 Å². The van der Waals surface area contributed by atoms with Crippen molar-refractivity contribution in [3.05, 3.63) is 0 Å². The molecule has 0 bridgehead atoms. The molecule has 0 saturated carbocycles. The Bertz CT molecular complexity index is 863. The Morgan fingerprint density at radius 2 is 1.11 bits per heavy atom. The Balaban J connectivity index is 3.55. The zero-order valence-electron chi connectivity index (χ0n) is 25.2. The highest BCUT2D eigenvalue weighted by atomic mass is 16.5. The summed E-state index contributed by atoms with van der Waals surface area (Å²) in [5.74, 6) is 1.54. The molecule has 4 amide bonds. The minimum atomic E-state index is -1.20. The molecule has 0 rings (SSSR count). The van der Waals surface area contributed by atoms with E-state index in [0.717, 1.165) is 0 Å². The Morgan fingerprint density at radius 3 is 1.61 bits per heavy atom. The van der Waals surface area contributed by atoms with Gasteiger partial charge in [-0.05, 0) is 25.7 Å². The number of hydrogen-bond donors (Lipinski definition) is 8. The van der Waals surface area contributed by atoms with Crippen molar-refractivity contribution in [3.8, 4) is 0 Å². The van der Waals surface area contributed by atoms with Crippen LogP contribution in [0, 0.1) is 0 Å². The van der Waals surface area contributed by atoms with Crippen molar-refractivity contribution in [1.29, 1.82) is 0 Å². The van der Waals surface area contributed by atoms with Crippen molar-refractivity contribution in [2.45, 2.75) is 57.5 Å². The summed E-state index contributed by atoms with van der Waals surface area (Å²) in [4.78, 5) is 68.6. The van der Waals surface area contributed by atoms with Crippen LogP contribution in [0.1, 0.15) is 45.4 Å². The van der Waals surface area contributed by atoms with Gasteiger partial charge in [-0.25, -0.2) is 10.2 Å². The molecule has 2 atom stereocenters. The summed E-state index contributed by atoms with van der Waals surface area (Å²) >= 11 is 0. The third kappa shape index (κ3) is 24.1. The van der Waals surface area contributed by atoms with Crippen LogP contribution >= 0.6 is 0 Å². The number of carbonyl (C=O) groups excluding carboxylic acids is 4. The number of hydrogen-bond acceptors (Lipinski definition) is 12. The average Bonchev–Trinajstić information content (AvgIpc) is 2.99. The van der Waals surface area contributed by atoms with Crippen molar-refractivity contribution in [2.24, 2.45) is 5.84 Å². The molecule has 18 heteroatoms. The van der Waals surface area contributed by atoms with Crippen LogP contribution < -0.4 is 32.5 Å². The highest BCUT2D eigenvalue weighted by Crippen LogP contribution is 2.00. The first kappa shape index (κ1) is 40.6. The van der Waals surface area contributed by atoms with E-state index in [1.54, 1.807) is 6.92 Å². The predicted molar refractivity (Wildman–Crippen MR) is 154 cm³/mol. The minimum Gasteiger partial charge on any atom is -0.480 e. The Kier molecular flexibility index (Phi) is 25.0. The molecular weight excluding hydrogens is 588 g/mol. The van der Waals surface area contributed by atoms with E-state index >= 15 is 0 Å². The van der Waals surface area contributed by atoms with Crippen molar-refractivity contribution in [2.75, 3.05) is 72.5 Å². The number of aliphatic carboxylic acids is 2. The molecule has 0 aromatic rings. The van der Waals surface area contributed by atoms with Gasteiger partial charge < -0.3 is 50.4 Å². The van der Waals surface area contributed by atoms with Crippen molar-refractivity contribution in [1.82, 2.24) is 26.7 Å². The minimum absolute atomic E-state index is 0.0258. The van der Waals surface area contributed by atoms with Crippen molar-refractivity contribution >= 4 is 35.6 Å². The lowest BCUT2D eigenvalue weighted by molar-refractivity contribution is -0.142. The molecule has 0 radical (unpaired) electrons. The first-order valence-electron chi connectivity index (χ1n) is 14.4. The molecule has 0 aliphatic carbocycles. The summed E-state index contributed by atoms with van der Waals surface area (Å²) in [5.41, 5.74) is 2.21. The van der Waals surface area contributed by atoms with E-state index < -0.39 is 29.9 Å². The van der Waals surface area contributed by atoms with Crippen LogP contribution in [-0.2, 0) is 47.7 Å². The largest absolute Gasteiger partial charge is 0.480 e. The topological polar surface area (TPSA) is 266 Å². The van der Waals surface area contributed by atoms with Crippen LogP contribution in [-0.4, -0.2) is 130 Å². The molecule has 0 aliphatic heterocycles. The van der Waals surface area contributed by atoms with E-state index in [1.165, 1.54) is 0 Å². The van der Waals surface area contributed by atoms with Gasteiger partial charge in [-0.2, -0.15) is 0 Å². The molecule has 0 aromatic heterocycles. The van der Waals surface area contributed by atoms with E-state index in [4.69, 9.17) is 35.0 Å². The van der Waals surface area contributed by atoms with Crippen LogP contribution in [0.15, 0.2) is 0 Å². The third-order valence-electron chi connectivity index (χ3n) is 5.70. The summed E-state index contributed by atoms with van der Waals surface area (Å²) in [6.45, 7) is 3.42. The summed E-state index contributed by atoms with van der Waals surface area (Å²) in [6, 6.07) is -1.93. The number of amides is 4. The highest BCUT2D eigenvalue weighted by Gasteiger charge is 2.20. The maximum atomic E-state index is 11.8. The average molecular weight is 637 g/mol. The first-order valence-corrected chi connectivity index (χ1v) is 14.4. The zero-order valence-corrected chi connectivity index (χ0v) is 25.2. The number of hydrazine groups is 1. The fourth-order valence-electron chi connectivity index (χ4n) is 3.29. The number of rotatable bonds is 29. The van der Waals surface area contributed by atoms with Gasteiger partial charge in [-0.3, -0.25) is 29.8 Å². The number of carboxylic acid groups (broad SMARTS) is 2. The molecular formula is C26H48N6O12. The SMILES string of the molecule is CCC(=O)NC(CCC(=O)NCCOCCOCC(=O)NCCOCCOCC(=O)NCCCC[C@H](NN)C(=O)O)C(=O)O. The van der Waals surface area contributed by atoms with Crippen molar-refractivity contribution < 1.29 is 57.9 Å². The van der Waals surface area contributed by atoms with Gasteiger partial charge in [-0.1, -0.05) is 6.92 Å². The molecule has 9 N–H and O–H groups in total. The number of nitrogens with two attached hydrogens (primary N) is 1. The number of carbonyl (C=O) groups is 6. The van der Waals surface area contributed by atoms with Gasteiger partial charge >= 0.3 is 11.9 Å². The van der Waals surface area contributed by atoms with E-state index in [-0.39, 0.29) is 103 Å². The standard InChI is InChI=1S/C26H48N6O12/c1-2-21(33)31-19(25(37)38)6-7-22(34)29-9-11-41-13-16-44-18-24(36)30-10-12-42-14-15-43-17-23(35)28-8-4-3-5-20(32-27)26(39)40/h19-20,32H,2-18,27H2,1H3,(H,28,35)(H,29,34)(H,30,36)(H,31,33)(H,37,38)(H,39,40)/t19?,20-/m0/s1. The molecule has 0 saturated heterocycles. The van der Waals surface area contributed by atoms with Gasteiger partial charge in [0, 0.05) is 32.5 Å². The number of carboxylic acids is 2. The molecule has 0 spiro atoms. The van der Waals surface area contributed by atoms with Crippen LogP contribution in [0.3, 0.4) is 0 Å². The highest BCUT2D eigenvalue weighted by molar-refractivity contribution is 5.84. The quantitative estimate of drug-likeness (QED) is 0.0235. The molecule has 44 heavy (non-hydrogen) atoms. The second-order valence-electron chi connectivity index (χ2n) is 9.28. The number of nitrogens with one attached hydrogen (secondary N) is 5. The van der Waals surface area contributed by atoms with Crippen molar-refractivity contribution in [3.63, 3.8) is 0 Å². The Morgan fingerprint density at radius 1 is 0.614 bits per heavy atom. The van der Waals surface area contributed by atoms with E-state index in [2.05, 4.69) is 26.7 Å². The fourth-order valence-corrected chi connectivity index (χ4v) is 3.29. The lowest BCUT2D eigenvalue weighted by atomic mass is 10.1. The summed E-state index contributed by atoms with van der Waals surface area (Å²) in [7, 11) is 0. The van der Waals surface area contributed by atoms with Gasteiger partial charge in [0.1, 0.15) is 25.3 Å².